The fourth-order valence-corrected chi connectivity index (χ4v) is 4.01. The number of benzene rings is 2. The average molecular weight is 378 g/mol. The first-order valence-corrected chi connectivity index (χ1v) is 10.1. The molecule has 0 unspecified atom stereocenters. The van der Waals surface area contributed by atoms with E-state index in [1.54, 1.807) is 6.07 Å². The summed E-state index contributed by atoms with van der Waals surface area (Å²) in [7, 11) is 0. The maximum absolute atomic E-state index is 12.3. The van der Waals surface area contributed by atoms with Gasteiger partial charge in [-0.05, 0) is 79.6 Å². The quantitative estimate of drug-likeness (QED) is 0.726. The number of carboxylic acid groups (broad SMARTS) is 1. The van der Waals surface area contributed by atoms with Gasteiger partial charge in [0.1, 0.15) is 0 Å². The van der Waals surface area contributed by atoms with Crippen molar-refractivity contribution in [3.8, 4) is 11.1 Å². The van der Waals surface area contributed by atoms with Crippen molar-refractivity contribution < 1.29 is 14.7 Å². The third-order valence-electron chi connectivity index (χ3n) is 5.98. The number of carbonyl (C=O) groups excluding carboxylic acids is 1. The van der Waals surface area contributed by atoms with Crippen molar-refractivity contribution in [2.45, 2.75) is 38.0 Å². The summed E-state index contributed by atoms with van der Waals surface area (Å²) in [6, 6.07) is 13.5. The van der Waals surface area contributed by atoms with E-state index in [-0.39, 0.29) is 17.4 Å². The summed E-state index contributed by atoms with van der Waals surface area (Å²) >= 11 is 0. The lowest BCUT2D eigenvalue weighted by atomic mass is 9.85. The fourth-order valence-electron chi connectivity index (χ4n) is 4.01. The zero-order chi connectivity index (χ0) is 19.5. The number of aromatic carboxylic acids is 1. The molecule has 2 fully saturated rings. The molecule has 0 spiro atoms. The van der Waals surface area contributed by atoms with Gasteiger partial charge < -0.3 is 15.7 Å². The van der Waals surface area contributed by atoms with Gasteiger partial charge in [-0.15, -0.1) is 0 Å². The monoisotopic (exact) mass is 378 g/mol. The minimum atomic E-state index is -0.993. The van der Waals surface area contributed by atoms with Crippen LogP contribution in [-0.4, -0.2) is 30.1 Å². The number of piperidine rings is 1. The highest BCUT2D eigenvalue weighted by Crippen LogP contribution is 2.31. The van der Waals surface area contributed by atoms with Crippen LogP contribution in [0.3, 0.4) is 0 Å². The maximum Gasteiger partial charge on any atom is 0.335 e. The molecule has 5 nitrogen and oxygen atoms in total. The Balaban J connectivity index is 1.58. The van der Waals surface area contributed by atoms with Crippen molar-refractivity contribution in [3.63, 3.8) is 0 Å². The molecule has 2 aliphatic rings. The maximum atomic E-state index is 12.3. The summed E-state index contributed by atoms with van der Waals surface area (Å²) < 4.78 is 0. The third kappa shape index (κ3) is 4.09. The van der Waals surface area contributed by atoms with Gasteiger partial charge in [-0.3, -0.25) is 4.79 Å². The van der Waals surface area contributed by atoms with E-state index in [1.807, 2.05) is 6.07 Å². The van der Waals surface area contributed by atoms with Crippen LogP contribution < -0.4 is 10.6 Å². The molecule has 1 aliphatic carbocycles. The molecule has 1 heterocycles. The first-order valence-electron chi connectivity index (χ1n) is 10.1. The molecule has 2 aromatic rings. The first kappa shape index (κ1) is 18.7. The number of hydrogen-bond acceptors (Lipinski definition) is 3. The highest BCUT2D eigenvalue weighted by molar-refractivity contribution is 5.97. The lowest BCUT2D eigenvalue weighted by Gasteiger charge is -2.24. The minimum Gasteiger partial charge on any atom is -0.478 e. The standard InChI is InChI=1S/C23H26N2O3/c26-22(18-2-1-3-18)25-21-13-19(12-20(14-21)23(27)28)16-6-4-15(5-7-16)17-8-10-24-11-9-17/h4-7,12-14,17-18,24H,1-3,8-11H2,(H,25,26)(H,27,28). The molecule has 1 aliphatic heterocycles. The fraction of sp³-hybridized carbons (Fsp3) is 0.391. The lowest BCUT2D eigenvalue weighted by Crippen LogP contribution is -2.28. The van der Waals surface area contributed by atoms with Gasteiger partial charge in [0.25, 0.3) is 0 Å². The van der Waals surface area contributed by atoms with Gasteiger partial charge in [0, 0.05) is 11.6 Å². The van der Waals surface area contributed by atoms with Crippen molar-refractivity contribution >= 4 is 17.6 Å². The Morgan fingerprint density at radius 3 is 2.25 bits per heavy atom. The van der Waals surface area contributed by atoms with Crippen molar-refractivity contribution in [2.24, 2.45) is 5.92 Å². The summed E-state index contributed by atoms with van der Waals surface area (Å²) in [5.74, 6) is -0.368. The highest BCUT2D eigenvalue weighted by atomic mass is 16.4. The van der Waals surface area contributed by atoms with Crippen LogP contribution in [0.2, 0.25) is 0 Å². The Hall–Kier alpha value is -2.66. The Morgan fingerprint density at radius 2 is 1.64 bits per heavy atom. The predicted octanol–water partition coefficient (Wildman–Crippen LogP) is 4.26. The number of anilines is 1. The minimum absolute atomic E-state index is 0.0130. The molecule has 28 heavy (non-hydrogen) atoms. The first-order chi connectivity index (χ1) is 13.6. The van der Waals surface area contributed by atoms with E-state index in [0.29, 0.717) is 11.6 Å². The van der Waals surface area contributed by atoms with Crippen molar-refractivity contribution in [3.05, 3.63) is 53.6 Å². The molecule has 0 aromatic heterocycles. The predicted molar refractivity (Wildman–Crippen MR) is 110 cm³/mol. The van der Waals surface area contributed by atoms with Crippen LogP contribution in [0.4, 0.5) is 5.69 Å². The smallest absolute Gasteiger partial charge is 0.335 e. The second-order valence-electron chi connectivity index (χ2n) is 7.87. The van der Waals surface area contributed by atoms with Crippen molar-refractivity contribution in [2.75, 3.05) is 18.4 Å². The van der Waals surface area contributed by atoms with Gasteiger partial charge in [0.15, 0.2) is 0 Å². The van der Waals surface area contributed by atoms with Crippen LogP contribution in [0, 0.1) is 5.92 Å². The van der Waals surface area contributed by atoms with Crippen LogP contribution in [0.5, 0.6) is 0 Å². The molecule has 0 bridgehead atoms. The Bertz CT molecular complexity index is 866. The molecular weight excluding hydrogens is 352 g/mol. The molecule has 1 saturated heterocycles. The van der Waals surface area contributed by atoms with Gasteiger partial charge in [0.05, 0.1) is 5.56 Å². The van der Waals surface area contributed by atoms with Crippen LogP contribution in [0.1, 0.15) is 53.9 Å². The summed E-state index contributed by atoms with van der Waals surface area (Å²) in [5, 5.41) is 15.8. The molecule has 2 aromatic carbocycles. The van der Waals surface area contributed by atoms with Crippen molar-refractivity contribution in [1.82, 2.24) is 5.32 Å². The molecular formula is C23H26N2O3. The summed E-state index contributed by atoms with van der Waals surface area (Å²) in [6.45, 7) is 2.11. The largest absolute Gasteiger partial charge is 0.478 e. The Labute approximate surface area is 165 Å². The molecule has 4 rings (SSSR count). The highest BCUT2D eigenvalue weighted by Gasteiger charge is 2.25. The van der Waals surface area contributed by atoms with Crippen LogP contribution in [-0.2, 0) is 4.79 Å². The normalized spacial score (nSPS) is 17.7. The molecule has 1 amide bonds. The molecule has 0 radical (unpaired) electrons. The molecule has 5 heteroatoms. The third-order valence-corrected chi connectivity index (χ3v) is 5.98. The summed E-state index contributed by atoms with van der Waals surface area (Å²) in [5.41, 5.74) is 3.83. The van der Waals surface area contributed by atoms with E-state index < -0.39 is 5.97 Å². The second kappa shape index (κ2) is 8.15. The average Bonchev–Trinajstić information content (AvgIpc) is 2.67. The van der Waals surface area contributed by atoms with Crippen LogP contribution >= 0.6 is 0 Å². The number of amides is 1. The zero-order valence-corrected chi connectivity index (χ0v) is 15.9. The number of rotatable bonds is 5. The molecule has 3 N–H and O–H groups in total. The van der Waals surface area contributed by atoms with Crippen LogP contribution in [0.15, 0.2) is 42.5 Å². The van der Waals surface area contributed by atoms with E-state index in [2.05, 4.69) is 34.9 Å². The van der Waals surface area contributed by atoms with Gasteiger partial charge in [-0.25, -0.2) is 4.79 Å². The second-order valence-corrected chi connectivity index (χ2v) is 7.87. The molecule has 1 saturated carbocycles. The number of nitrogens with one attached hydrogen (secondary N) is 2. The molecule has 0 atom stereocenters. The van der Waals surface area contributed by atoms with E-state index in [9.17, 15) is 14.7 Å². The number of hydrogen-bond donors (Lipinski definition) is 3. The SMILES string of the molecule is O=C(O)c1cc(NC(=O)C2CCC2)cc(-c2ccc(C3CCNCC3)cc2)c1. The summed E-state index contributed by atoms with van der Waals surface area (Å²) in [6.07, 6.45) is 5.20. The Morgan fingerprint density at radius 1 is 0.929 bits per heavy atom. The van der Waals surface area contributed by atoms with Gasteiger partial charge in [-0.1, -0.05) is 30.7 Å². The van der Waals surface area contributed by atoms with E-state index >= 15 is 0 Å². The van der Waals surface area contributed by atoms with E-state index in [4.69, 9.17) is 0 Å². The molecule has 146 valence electrons. The van der Waals surface area contributed by atoms with Gasteiger partial charge in [-0.2, -0.15) is 0 Å². The lowest BCUT2D eigenvalue weighted by molar-refractivity contribution is -0.122. The van der Waals surface area contributed by atoms with E-state index in [0.717, 1.165) is 56.3 Å². The zero-order valence-electron chi connectivity index (χ0n) is 15.9. The topological polar surface area (TPSA) is 78.4 Å². The van der Waals surface area contributed by atoms with Gasteiger partial charge in [0.2, 0.25) is 5.91 Å². The number of carboxylic acids is 1. The van der Waals surface area contributed by atoms with Gasteiger partial charge >= 0.3 is 5.97 Å². The summed E-state index contributed by atoms with van der Waals surface area (Å²) in [4.78, 5) is 23.8. The van der Waals surface area contributed by atoms with Crippen molar-refractivity contribution in [1.29, 1.82) is 0 Å². The van der Waals surface area contributed by atoms with Crippen LogP contribution in [0.25, 0.3) is 11.1 Å². The van der Waals surface area contributed by atoms with E-state index in [1.165, 1.54) is 11.6 Å². The number of carbonyl (C=O) groups is 2. The Kier molecular flexibility index (Phi) is 5.44.